The van der Waals surface area contributed by atoms with Crippen LogP contribution in [0.5, 0.6) is 0 Å². The second-order valence-corrected chi connectivity index (χ2v) is 7.95. The number of sulfonamides is 1. The fourth-order valence-electron chi connectivity index (χ4n) is 2.79. The lowest BCUT2D eigenvalue weighted by atomic mass is 9.98. The molecule has 1 aromatic carbocycles. The lowest BCUT2D eigenvalue weighted by molar-refractivity contribution is -0.129. The molecular weight excluding hydrogens is 330 g/mol. The van der Waals surface area contributed by atoms with Gasteiger partial charge in [-0.25, -0.2) is 8.42 Å². The summed E-state index contributed by atoms with van der Waals surface area (Å²) >= 11 is 5.79. The maximum atomic E-state index is 12.9. The van der Waals surface area contributed by atoms with Crippen LogP contribution in [0.3, 0.4) is 0 Å². The van der Waals surface area contributed by atoms with Crippen LogP contribution < -0.4 is 0 Å². The van der Waals surface area contributed by atoms with Crippen molar-refractivity contribution in [1.29, 1.82) is 0 Å². The number of hydrogen-bond acceptors (Lipinski definition) is 5. The highest BCUT2D eigenvalue weighted by molar-refractivity contribution is 7.89. The van der Waals surface area contributed by atoms with Crippen molar-refractivity contribution in [2.24, 2.45) is 5.41 Å². The highest BCUT2D eigenvalue weighted by Crippen LogP contribution is 2.50. The summed E-state index contributed by atoms with van der Waals surface area (Å²) in [5.74, 6) is 0. The monoisotopic (exact) mass is 345 g/mol. The number of carbonyl (C=O) groups excluding carboxylic acids is 1. The molecule has 0 unspecified atom stereocenters. The SMILES string of the molecule is O=CC1([C@H]2COC[C@@H](O)N2S(=O)(=O)c2ccc(Cl)cc2)CC1. The molecule has 0 amide bonds. The van der Waals surface area contributed by atoms with Gasteiger partial charge in [0.25, 0.3) is 0 Å². The van der Waals surface area contributed by atoms with Crippen LogP contribution in [-0.2, 0) is 19.6 Å². The largest absolute Gasteiger partial charge is 0.376 e. The molecule has 1 N–H and O–H groups in total. The molecule has 2 aliphatic rings. The topological polar surface area (TPSA) is 83.9 Å². The number of halogens is 1. The van der Waals surface area contributed by atoms with Gasteiger partial charge in [0.1, 0.15) is 12.5 Å². The summed E-state index contributed by atoms with van der Waals surface area (Å²) in [6, 6.07) is 5.04. The van der Waals surface area contributed by atoms with Crippen LogP contribution in [0, 0.1) is 5.41 Å². The van der Waals surface area contributed by atoms with Gasteiger partial charge in [-0.1, -0.05) is 11.6 Å². The van der Waals surface area contributed by atoms with E-state index < -0.39 is 27.7 Å². The Morgan fingerprint density at radius 3 is 2.45 bits per heavy atom. The third-order valence-corrected chi connectivity index (χ3v) is 6.43. The van der Waals surface area contributed by atoms with Crippen LogP contribution in [0.2, 0.25) is 5.02 Å². The fraction of sp³-hybridized carbons (Fsp3) is 0.500. The molecule has 2 fully saturated rings. The molecular formula is C14H16ClNO5S. The lowest BCUT2D eigenvalue weighted by Crippen LogP contribution is -2.58. The van der Waals surface area contributed by atoms with Crippen molar-refractivity contribution in [3.63, 3.8) is 0 Å². The summed E-state index contributed by atoms with van der Waals surface area (Å²) in [6.45, 7) is -0.0130. The van der Waals surface area contributed by atoms with Gasteiger partial charge in [-0.2, -0.15) is 4.31 Å². The zero-order valence-electron chi connectivity index (χ0n) is 11.7. The number of hydrogen-bond donors (Lipinski definition) is 1. The van der Waals surface area contributed by atoms with Crippen LogP contribution in [0.25, 0.3) is 0 Å². The first-order valence-electron chi connectivity index (χ1n) is 6.92. The van der Waals surface area contributed by atoms with E-state index in [0.717, 1.165) is 10.6 Å². The van der Waals surface area contributed by atoms with Gasteiger partial charge in [0.05, 0.1) is 24.2 Å². The van der Waals surface area contributed by atoms with E-state index in [1.807, 2.05) is 0 Å². The standard InChI is InChI=1S/C14H16ClNO5S/c15-10-1-3-11(4-2-10)22(19,20)16-12(7-21-8-13(16)18)14(9-17)5-6-14/h1-4,9,12-13,18H,5-8H2/t12-,13-/m1/s1. The minimum Gasteiger partial charge on any atom is -0.376 e. The van der Waals surface area contributed by atoms with Crippen LogP contribution in [0.15, 0.2) is 29.2 Å². The smallest absolute Gasteiger partial charge is 0.245 e. The number of aldehydes is 1. The average molecular weight is 346 g/mol. The Labute approximate surface area is 133 Å². The molecule has 6 nitrogen and oxygen atoms in total. The van der Waals surface area contributed by atoms with E-state index in [1.54, 1.807) is 0 Å². The van der Waals surface area contributed by atoms with Crippen LogP contribution >= 0.6 is 11.6 Å². The molecule has 1 aliphatic carbocycles. The molecule has 2 atom stereocenters. The Morgan fingerprint density at radius 1 is 1.27 bits per heavy atom. The summed E-state index contributed by atoms with van der Waals surface area (Å²) in [4.78, 5) is 11.4. The second-order valence-electron chi connectivity index (χ2n) is 5.67. The summed E-state index contributed by atoms with van der Waals surface area (Å²) in [7, 11) is -3.94. The minimum atomic E-state index is -3.94. The third-order valence-electron chi connectivity index (χ3n) is 4.26. The number of benzene rings is 1. The van der Waals surface area contributed by atoms with Gasteiger partial charge >= 0.3 is 0 Å². The van der Waals surface area contributed by atoms with Gasteiger partial charge in [-0.3, -0.25) is 0 Å². The highest BCUT2D eigenvalue weighted by Gasteiger charge is 2.57. The Morgan fingerprint density at radius 2 is 1.91 bits per heavy atom. The number of aliphatic hydroxyl groups is 1. The van der Waals surface area contributed by atoms with Crippen molar-refractivity contribution in [3.8, 4) is 0 Å². The molecule has 0 spiro atoms. The Kier molecular flexibility index (Phi) is 4.03. The van der Waals surface area contributed by atoms with Crippen LogP contribution in [0.1, 0.15) is 12.8 Å². The average Bonchev–Trinajstić information content (AvgIpc) is 3.28. The molecule has 22 heavy (non-hydrogen) atoms. The normalized spacial score (nSPS) is 28.3. The zero-order chi connectivity index (χ0) is 16.0. The Bertz CT molecular complexity index is 671. The lowest BCUT2D eigenvalue weighted by Gasteiger charge is -2.40. The van der Waals surface area contributed by atoms with Crippen molar-refractivity contribution < 1.29 is 23.1 Å². The van der Waals surface area contributed by atoms with Crippen molar-refractivity contribution in [2.75, 3.05) is 13.2 Å². The quantitative estimate of drug-likeness (QED) is 0.824. The summed E-state index contributed by atoms with van der Waals surface area (Å²) in [5, 5.41) is 10.6. The van der Waals surface area contributed by atoms with E-state index in [-0.39, 0.29) is 18.1 Å². The van der Waals surface area contributed by atoms with E-state index in [4.69, 9.17) is 16.3 Å². The second kappa shape index (κ2) is 5.58. The Balaban J connectivity index is 2.01. The third kappa shape index (κ3) is 2.57. The first kappa shape index (κ1) is 15.9. The van der Waals surface area contributed by atoms with E-state index in [1.165, 1.54) is 24.3 Å². The van der Waals surface area contributed by atoms with E-state index in [0.29, 0.717) is 17.9 Å². The molecule has 1 saturated heterocycles. The summed E-state index contributed by atoms with van der Waals surface area (Å²) < 4.78 is 32.0. The highest BCUT2D eigenvalue weighted by atomic mass is 35.5. The van der Waals surface area contributed by atoms with Crippen molar-refractivity contribution >= 4 is 27.9 Å². The van der Waals surface area contributed by atoms with Gasteiger partial charge in [0, 0.05) is 10.4 Å². The molecule has 120 valence electrons. The number of carbonyl (C=O) groups is 1. The van der Waals surface area contributed by atoms with Gasteiger partial charge < -0.3 is 14.6 Å². The molecule has 1 aromatic rings. The van der Waals surface area contributed by atoms with Crippen molar-refractivity contribution in [1.82, 2.24) is 4.31 Å². The van der Waals surface area contributed by atoms with E-state index in [9.17, 15) is 18.3 Å². The van der Waals surface area contributed by atoms with E-state index >= 15 is 0 Å². The predicted molar refractivity (Wildman–Crippen MR) is 78.8 cm³/mol. The Hall–Kier alpha value is -0.990. The number of morpholine rings is 1. The first-order chi connectivity index (χ1) is 10.4. The van der Waals surface area contributed by atoms with Crippen LogP contribution in [0.4, 0.5) is 0 Å². The number of aliphatic hydroxyl groups excluding tert-OH is 1. The van der Waals surface area contributed by atoms with Crippen molar-refractivity contribution in [3.05, 3.63) is 29.3 Å². The number of rotatable bonds is 4. The van der Waals surface area contributed by atoms with Gasteiger partial charge in [-0.05, 0) is 37.1 Å². The van der Waals surface area contributed by atoms with Crippen LogP contribution in [-0.4, -0.2) is 49.6 Å². The summed E-state index contributed by atoms with van der Waals surface area (Å²) in [6.07, 6.45) is 0.675. The van der Waals surface area contributed by atoms with E-state index in [2.05, 4.69) is 0 Å². The maximum Gasteiger partial charge on any atom is 0.245 e. The van der Waals surface area contributed by atoms with Gasteiger partial charge in [-0.15, -0.1) is 0 Å². The molecule has 1 heterocycles. The summed E-state index contributed by atoms with van der Waals surface area (Å²) in [5.41, 5.74) is -0.749. The molecule has 0 radical (unpaired) electrons. The number of ether oxygens (including phenoxy) is 1. The van der Waals surface area contributed by atoms with Gasteiger partial charge in [0.2, 0.25) is 10.0 Å². The predicted octanol–water partition coefficient (Wildman–Crippen LogP) is 1.03. The minimum absolute atomic E-state index is 0.0320. The fourth-order valence-corrected chi connectivity index (χ4v) is 4.63. The first-order valence-corrected chi connectivity index (χ1v) is 8.74. The molecule has 1 aliphatic heterocycles. The number of nitrogens with zero attached hydrogens (tertiary/aromatic N) is 1. The molecule has 1 saturated carbocycles. The molecule has 3 rings (SSSR count). The molecule has 8 heteroatoms. The zero-order valence-corrected chi connectivity index (χ0v) is 13.3. The molecule has 0 aromatic heterocycles. The van der Waals surface area contributed by atoms with Crippen molar-refractivity contribution in [2.45, 2.75) is 30.0 Å². The molecule has 0 bridgehead atoms. The maximum absolute atomic E-state index is 12.9. The van der Waals surface area contributed by atoms with Gasteiger partial charge in [0.15, 0.2) is 0 Å².